The zero-order chi connectivity index (χ0) is 18.1. The first kappa shape index (κ1) is 14.0. The van der Waals surface area contributed by atoms with Crippen LogP contribution in [-0.4, -0.2) is 18.3 Å². The summed E-state index contributed by atoms with van der Waals surface area (Å²) in [5.41, 5.74) is 2.97. The van der Waals surface area contributed by atoms with Gasteiger partial charge in [-0.1, -0.05) is 0 Å². The van der Waals surface area contributed by atoms with E-state index < -0.39 is 13.3 Å². The fraction of sp³-hybridized carbons (Fsp3) is 0.368. The summed E-state index contributed by atoms with van der Waals surface area (Å²) in [4.78, 5) is 4.62. The van der Waals surface area contributed by atoms with Gasteiger partial charge in [0.2, 0.25) is 0 Å². The molecule has 1 aromatic carbocycles. The van der Waals surface area contributed by atoms with E-state index in [9.17, 15) is 0 Å². The second-order valence-corrected chi connectivity index (χ2v) is 17.7. The summed E-state index contributed by atoms with van der Waals surface area (Å²) in [7, 11) is 0. The molecule has 1 aromatic heterocycles. The number of aromatic nitrogens is 1. The Bertz CT molecular complexity index is 779. The van der Waals surface area contributed by atoms with Gasteiger partial charge in [-0.05, 0) is 0 Å². The summed E-state index contributed by atoms with van der Waals surface area (Å²) in [5.74, 6) is 7.66. The molecule has 0 spiro atoms. The number of rotatable bonds is 4. The van der Waals surface area contributed by atoms with E-state index >= 15 is 0 Å². The molecule has 3 heteroatoms. The minimum atomic E-state index is -2.01. The van der Waals surface area contributed by atoms with Crippen LogP contribution in [0.1, 0.15) is 27.7 Å². The first-order chi connectivity index (χ1) is 11.1. The van der Waals surface area contributed by atoms with Crippen molar-refractivity contribution in [2.75, 3.05) is 0 Å². The Morgan fingerprint density at radius 1 is 1.27 bits per heavy atom. The van der Waals surface area contributed by atoms with Crippen LogP contribution in [0.4, 0.5) is 0 Å². The van der Waals surface area contributed by atoms with Crippen molar-refractivity contribution in [2.45, 2.75) is 37.5 Å². The second-order valence-electron chi connectivity index (χ2n) is 7.09. The van der Waals surface area contributed by atoms with Gasteiger partial charge in [0.1, 0.15) is 0 Å². The van der Waals surface area contributed by atoms with Gasteiger partial charge in [-0.15, -0.1) is 0 Å². The number of benzene rings is 1. The van der Waals surface area contributed by atoms with Crippen molar-refractivity contribution in [3.63, 3.8) is 0 Å². The number of hydrogen-bond acceptors (Lipinski definition) is 2. The molecule has 0 atom stereocenters. The summed E-state index contributed by atoms with van der Waals surface area (Å²) in [5, 5.41) is 9.03. The molecule has 0 amide bonds. The molecule has 0 bridgehead atoms. The third-order valence-electron chi connectivity index (χ3n) is 3.58. The van der Waals surface area contributed by atoms with E-state index in [1.165, 1.54) is 9.96 Å². The van der Waals surface area contributed by atoms with Crippen LogP contribution >= 0.6 is 0 Å². The third kappa shape index (κ3) is 3.98. The van der Waals surface area contributed by atoms with Crippen molar-refractivity contribution in [2.24, 2.45) is 5.92 Å². The first-order valence-electron chi connectivity index (χ1n) is 8.64. The summed E-state index contributed by atoms with van der Waals surface area (Å²) < 4.78 is 17.3. The van der Waals surface area contributed by atoms with E-state index in [1.54, 1.807) is 12.1 Å². The number of hydrogen-bond donors (Lipinski definition) is 0. The van der Waals surface area contributed by atoms with Gasteiger partial charge in [0, 0.05) is 0 Å². The topological polar surface area (TPSA) is 36.7 Å². The fourth-order valence-electron chi connectivity index (χ4n) is 2.53. The second kappa shape index (κ2) is 6.66. The maximum atomic E-state index is 9.03. The predicted octanol–water partition coefficient (Wildman–Crippen LogP) is 4.36. The average Bonchev–Trinajstić information content (AvgIpc) is 2.45. The van der Waals surface area contributed by atoms with Crippen LogP contribution < -0.4 is 4.40 Å². The van der Waals surface area contributed by atoms with E-state index in [1.807, 2.05) is 12.3 Å². The molecule has 0 aliphatic carbocycles. The van der Waals surface area contributed by atoms with Crippen LogP contribution in [-0.2, 0) is 6.42 Å². The van der Waals surface area contributed by atoms with Crippen LogP contribution in [0.15, 0.2) is 36.5 Å². The van der Waals surface area contributed by atoms with Crippen molar-refractivity contribution in [1.82, 2.24) is 4.98 Å². The molecule has 0 aliphatic rings. The Hall–Kier alpha value is -1.60. The minimum absolute atomic E-state index is 0.0877. The van der Waals surface area contributed by atoms with Crippen LogP contribution in [0.3, 0.4) is 0 Å². The maximum absolute atomic E-state index is 9.03. The van der Waals surface area contributed by atoms with E-state index in [-0.39, 0.29) is 17.6 Å². The first-order valence-corrected chi connectivity index (χ1v) is 15.0. The zero-order valence-corrected chi connectivity index (χ0v) is 16.1. The normalized spacial score (nSPS) is 12.8. The molecule has 22 heavy (non-hydrogen) atoms. The quantitative estimate of drug-likeness (QED) is 0.764. The van der Waals surface area contributed by atoms with Crippen LogP contribution in [0.2, 0.25) is 17.3 Å². The molecular weight excluding hydrogens is 329 g/mol. The fourth-order valence-corrected chi connectivity index (χ4v) is 5.87. The van der Waals surface area contributed by atoms with Crippen molar-refractivity contribution >= 4 is 17.7 Å². The molecule has 2 aromatic rings. The van der Waals surface area contributed by atoms with Crippen molar-refractivity contribution in [1.29, 1.82) is 5.26 Å². The Morgan fingerprint density at radius 2 is 1.91 bits per heavy atom. The van der Waals surface area contributed by atoms with E-state index in [0.717, 1.165) is 17.7 Å². The molecule has 0 saturated heterocycles. The molecule has 0 N–H and O–H groups in total. The summed E-state index contributed by atoms with van der Waals surface area (Å²) in [6.45, 7) is 4.43. The predicted molar refractivity (Wildman–Crippen MR) is 95.9 cm³/mol. The standard InChI is InChI=1S/C19H24GeN2/c1-14(2)10-17-11-19(22-13-18(17)20(3,4)5)16-8-6-15(12-21)7-9-16/h6-9,11,13-14H,10H2,1-5H3/i6D,7D. The molecule has 2 rings (SSSR count). The van der Waals surface area contributed by atoms with Crippen molar-refractivity contribution in [3.8, 4) is 17.3 Å². The van der Waals surface area contributed by atoms with Gasteiger partial charge < -0.3 is 0 Å². The third-order valence-corrected chi connectivity index (χ3v) is 7.91. The van der Waals surface area contributed by atoms with Gasteiger partial charge in [-0.25, -0.2) is 0 Å². The van der Waals surface area contributed by atoms with Crippen molar-refractivity contribution in [3.05, 3.63) is 47.6 Å². The van der Waals surface area contributed by atoms with Gasteiger partial charge in [0.25, 0.3) is 0 Å². The van der Waals surface area contributed by atoms with Gasteiger partial charge in [-0.2, -0.15) is 0 Å². The van der Waals surface area contributed by atoms with Crippen LogP contribution in [0, 0.1) is 17.2 Å². The Labute approximate surface area is 139 Å². The molecule has 0 radical (unpaired) electrons. The van der Waals surface area contributed by atoms with Gasteiger partial charge in [0.15, 0.2) is 0 Å². The molecule has 114 valence electrons. The Morgan fingerprint density at radius 3 is 2.41 bits per heavy atom. The SMILES string of the molecule is [2H]c1cc(-c2cc(CC(C)C)[c]([Ge]([CH3])([CH3])[CH3])cn2)cc([2H])c1C#N. The van der Waals surface area contributed by atoms with Gasteiger partial charge >= 0.3 is 139 Å². The molecule has 2 nitrogen and oxygen atoms in total. The van der Waals surface area contributed by atoms with E-state index in [4.69, 9.17) is 8.00 Å². The molecule has 0 aliphatic heterocycles. The van der Waals surface area contributed by atoms with Crippen molar-refractivity contribution < 1.29 is 2.74 Å². The molecule has 0 fully saturated rings. The summed E-state index contributed by atoms with van der Waals surface area (Å²) >= 11 is -2.01. The monoisotopic (exact) mass is 356 g/mol. The molecule has 1 heterocycles. The van der Waals surface area contributed by atoms with E-state index in [2.05, 4.69) is 42.2 Å². The zero-order valence-electron chi connectivity index (χ0n) is 16.0. The van der Waals surface area contributed by atoms with Gasteiger partial charge in [-0.3, -0.25) is 0 Å². The average molecular weight is 355 g/mol. The molecule has 0 unspecified atom stereocenters. The van der Waals surface area contributed by atoms with Crippen LogP contribution in [0.25, 0.3) is 11.3 Å². The van der Waals surface area contributed by atoms with Gasteiger partial charge in [0.05, 0.1) is 0 Å². The van der Waals surface area contributed by atoms with E-state index in [0.29, 0.717) is 5.92 Å². The Balaban J connectivity index is 2.59. The summed E-state index contributed by atoms with van der Waals surface area (Å²) in [6.07, 6.45) is 3.00. The molecular formula is C19H24GeN2. The molecule has 0 saturated carbocycles. The number of nitrogens with zero attached hydrogens (tertiary/aromatic N) is 2. The number of nitriles is 1. The Kier molecular flexibility index (Phi) is 4.25. The summed E-state index contributed by atoms with van der Waals surface area (Å²) in [6, 6.07) is 7.48. The number of pyridine rings is 1. The van der Waals surface area contributed by atoms with Crippen LogP contribution in [0.5, 0.6) is 0 Å².